The number of amides is 3. The van der Waals surface area contributed by atoms with Crippen molar-refractivity contribution in [3.05, 3.63) is 20.8 Å². The number of carbonyl (C=O) groups is 2. The fourth-order valence-electron chi connectivity index (χ4n) is 3.66. The van der Waals surface area contributed by atoms with Gasteiger partial charge in [0.15, 0.2) is 5.16 Å². The third-order valence-electron chi connectivity index (χ3n) is 5.15. The number of fused-ring (bicyclic) bond motifs is 3. The van der Waals surface area contributed by atoms with E-state index in [4.69, 9.17) is 4.98 Å². The van der Waals surface area contributed by atoms with Crippen molar-refractivity contribution in [3.63, 3.8) is 0 Å². The van der Waals surface area contributed by atoms with E-state index in [0.717, 1.165) is 48.7 Å². The molecule has 1 atom stereocenters. The van der Waals surface area contributed by atoms with E-state index in [1.807, 2.05) is 20.8 Å². The molecule has 1 aliphatic carbocycles. The summed E-state index contributed by atoms with van der Waals surface area (Å²) in [5.74, 6) is -0.408. The Bertz CT molecular complexity index is 1040. The van der Waals surface area contributed by atoms with E-state index in [9.17, 15) is 14.4 Å². The third kappa shape index (κ3) is 5.68. The molecular weight excluding hydrogens is 432 g/mol. The van der Waals surface area contributed by atoms with E-state index in [2.05, 4.69) is 17.6 Å². The molecule has 2 aromatic rings. The Kier molecular flexibility index (Phi) is 7.47. The number of hydrogen-bond acceptors (Lipinski definition) is 6. The van der Waals surface area contributed by atoms with Crippen molar-refractivity contribution in [2.24, 2.45) is 0 Å². The number of carbonyl (C=O) groups excluding carboxylic acids is 2. The summed E-state index contributed by atoms with van der Waals surface area (Å²) >= 11 is 2.83. The van der Waals surface area contributed by atoms with Crippen molar-refractivity contribution in [2.45, 2.75) is 95.6 Å². The van der Waals surface area contributed by atoms with Crippen molar-refractivity contribution < 1.29 is 9.59 Å². The first-order valence-electron chi connectivity index (χ1n) is 11.0. The number of imide groups is 1. The molecule has 1 unspecified atom stereocenters. The monoisotopic (exact) mass is 464 g/mol. The molecule has 170 valence electrons. The van der Waals surface area contributed by atoms with Gasteiger partial charge in [-0.05, 0) is 58.9 Å². The maximum atomic E-state index is 13.4. The minimum atomic E-state index is -0.570. The van der Waals surface area contributed by atoms with Crippen LogP contribution in [0, 0.1) is 0 Å². The predicted octanol–water partition coefficient (Wildman–Crippen LogP) is 4.24. The molecule has 2 aromatic heterocycles. The summed E-state index contributed by atoms with van der Waals surface area (Å²) in [5.41, 5.74) is 0.733. The lowest BCUT2D eigenvalue weighted by molar-refractivity contribution is -0.119. The molecule has 9 heteroatoms. The van der Waals surface area contributed by atoms with Crippen LogP contribution in [0.25, 0.3) is 10.2 Å². The highest BCUT2D eigenvalue weighted by Crippen LogP contribution is 2.36. The van der Waals surface area contributed by atoms with Gasteiger partial charge in [-0.25, -0.2) is 9.78 Å². The molecule has 0 aromatic carbocycles. The largest absolute Gasteiger partial charge is 0.333 e. The summed E-state index contributed by atoms with van der Waals surface area (Å²) in [7, 11) is 0. The first-order valence-corrected chi connectivity index (χ1v) is 12.6. The zero-order chi connectivity index (χ0) is 22.8. The summed E-state index contributed by atoms with van der Waals surface area (Å²) in [6, 6.07) is -0.525. The number of rotatable bonds is 7. The number of unbranched alkanes of at least 4 members (excludes halogenated alkanes) is 2. The van der Waals surface area contributed by atoms with Crippen molar-refractivity contribution >= 4 is 45.3 Å². The van der Waals surface area contributed by atoms with Crippen molar-refractivity contribution in [1.29, 1.82) is 0 Å². The van der Waals surface area contributed by atoms with Gasteiger partial charge >= 0.3 is 6.03 Å². The van der Waals surface area contributed by atoms with E-state index >= 15 is 0 Å². The molecule has 3 amide bonds. The van der Waals surface area contributed by atoms with Gasteiger partial charge in [0.1, 0.15) is 4.83 Å². The Morgan fingerprint density at radius 3 is 2.68 bits per heavy atom. The summed E-state index contributed by atoms with van der Waals surface area (Å²) in [6.07, 6.45) is 6.02. The molecule has 0 fully saturated rings. The van der Waals surface area contributed by atoms with Gasteiger partial charge in [-0.3, -0.25) is 19.5 Å². The van der Waals surface area contributed by atoms with Crippen LogP contribution in [0.5, 0.6) is 0 Å². The summed E-state index contributed by atoms with van der Waals surface area (Å²) in [6.45, 7) is 9.98. The Labute approximate surface area is 191 Å². The fraction of sp³-hybridized carbons (Fsp3) is 0.636. The average Bonchev–Trinajstić information content (AvgIpc) is 3.23. The Morgan fingerprint density at radius 1 is 1.26 bits per heavy atom. The molecule has 0 saturated carbocycles. The van der Waals surface area contributed by atoms with Crippen LogP contribution in [0.3, 0.4) is 0 Å². The first kappa shape index (κ1) is 23.8. The number of thioether (sulfide) groups is 1. The zero-order valence-electron chi connectivity index (χ0n) is 19.0. The summed E-state index contributed by atoms with van der Waals surface area (Å²) < 4.78 is 1.73. The predicted molar refractivity (Wildman–Crippen MR) is 127 cm³/mol. The van der Waals surface area contributed by atoms with Crippen molar-refractivity contribution in [3.8, 4) is 0 Å². The number of thiophene rings is 1. The van der Waals surface area contributed by atoms with E-state index in [1.165, 1.54) is 22.2 Å². The van der Waals surface area contributed by atoms with Gasteiger partial charge in [0.05, 0.1) is 10.6 Å². The lowest BCUT2D eigenvalue weighted by Crippen LogP contribution is -2.49. The highest BCUT2D eigenvalue weighted by Gasteiger charge is 2.26. The normalized spacial score (nSPS) is 14.5. The molecule has 1 aliphatic rings. The second-order valence-corrected chi connectivity index (χ2v) is 11.4. The Hall–Kier alpha value is -1.87. The van der Waals surface area contributed by atoms with E-state index in [-0.39, 0.29) is 5.56 Å². The molecule has 0 spiro atoms. The van der Waals surface area contributed by atoms with Crippen LogP contribution in [-0.4, -0.2) is 32.3 Å². The number of nitrogens with zero attached hydrogens (tertiary/aromatic N) is 2. The van der Waals surface area contributed by atoms with Gasteiger partial charge in [0, 0.05) is 17.0 Å². The maximum Gasteiger partial charge on any atom is 0.321 e. The van der Waals surface area contributed by atoms with Crippen LogP contribution >= 0.6 is 23.1 Å². The Morgan fingerprint density at radius 2 is 2.00 bits per heavy atom. The highest BCUT2D eigenvalue weighted by molar-refractivity contribution is 8.00. The van der Waals surface area contributed by atoms with E-state index < -0.39 is 22.7 Å². The second kappa shape index (κ2) is 9.73. The lowest BCUT2D eigenvalue weighted by Gasteiger charge is -2.21. The van der Waals surface area contributed by atoms with E-state index in [1.54, 1.807) is 22.8 Å². The third-order valence-corrected chi connectivity index (χ3v) is 7.43. The van der Waals surface area contributed by atoms with Gasteiger partial charge in [0.25, 0.3) is 5.56 Å². The number of urea groups is 1. The first-order chi connectivity index (χ1) is 14.6. The molecule has 0 aliphatic heterocycles. The number of aromatic nitrogens is 2. The Balaban J connectivity index is 1.86. The van der Waals surface area contributed by atoms with Gasteiger partial charge in [-0.15, -0.1) is 11.3 Å². The van der Waals surface area contributed by atoms with Crippen LogP contribution in [0.4, 0.5) is 4.79 Å². The topological polar surface area (TPSA) is 93.1 Å². The highest BCUT2D eigenvalue weighted by atomic mass is 32.2. The smallest absolute Gasteiger partial charge is 0.321 e. The second-order valence-electron chi connectivity index (χ2n) is 9.05. The fourth-order valence-corrected chi connectivity index (χ4v) is 5.90. The number of nitrogens with one attached hydrogen (secondary N) is 2. The molecule has 3 rings (SSSR count). The summed E-state index contributed by atoms with van der Waals surface area (Å²) in [4.78, 5) is 44.9. The van der Waals surface area contributed by atoms with Gasteiger partial charge in [-0.2, -0.15) is 0 Å². The van der Waals surface area contributed by atoms with Gasteiger partial charge < -0.3 is 5.32 Å². The molecule has 0 bridgehead atoms. The minimum absolute atomic E-state index is 0.00101. The zero-order valence-corrected chi connectivity index (χ0v) is 20.6. The molecule has 2 N–H and O–H groups in total. The van der Waals surface area contributed by atoms with Crippen LogP contribution in [-0.2, 0) is 24.2 Å². The molecular formula is C22H32N4O3S2. The van der Waals surface area contributed by atoms with E-state index in [0.29, 0.717) is 11.7 Å². The van der Waals surface area contributed by atoms with Crippen molar-refractivity contribution in [1.82, 2.24) is 20.2 Å². The van der Waals surface area contributed by atoms with Gasteiger partial charge in [-0.1, -0.05) is 31.5 Å². The average molecular weight is 465 g/mol. The molecule has 0 radical (unpaired) electrons. The molecule has 0 saturated heterocycles. The standard InChI is InChI=1S/C22H32N4O3S2/c1-6-7-8-12-26-19(28)16-14-10-9-11-15(14)31-18(16)24-21(26)30-13(2)17(27)23-20(29)25-22(3,4)5/h13H,6-12H2,1-5H3,(H2,23,25,27,29). The van der Waals surface area contributed by atoms with Crippen LogP contribution in [0.2, 0.25) is 0 Å². The lowest BCUT2D eigenvalue weighted by atomic mass is 10.1. The quantitative estimate of drug-likeness (QED) is 0.363. The summed E-state index contributed by atoms with van der Waals surface area (Å²) in [5, 5.41) is 5.85. The van der Waals surface area contributed by atoms with Crippen LogP contribution in [0.15, 0.2) is 9.95 Å². The van der Waals surface area contributed by atoms with Crippen molar-refractivity contribution in [2.75, 3.05) is 0 Å². The number of hydrogen-bond donors (Lipinski definition) is 2. The van der Waals surface area contributed by atoms with Crippen LogP contribution in [0.1, 0.15) is 70.7 Å². The van der Waals surface area contributed by atoms with Crippen LogP contribution < -0.4 is 16.2 Å². The minimum Gasteiger partial charge on any atom is -0.333 e. The maximum absolute atomic E-state index is 13.4. The number of aryl methyl sites for hydroxylation is 2. The molecule has 31 heavy (non-hydrogen) atoms. The SMILES string of the molecule is CCCCCn1c(SC(C)C(=O)NC(=O)NC(C)(C)C)nc2sc3c(c2c1=O)CCC3. The van der Waals surface area contributed by atoms with Gasteiger partial charge in [0.2, 0.25) is 5.91 Å². The molecule has 7 nitrogen and oxygen atoms in total. The molecule has 2 heterocycles.